The number of rotatable bonds is 3. The topological polar surface area (TPSA) is 9.23 Å². The van der Waals surface area contributed by atoms with Crippen LogP contribution in [0.5, 0.6) is 5.75 Å². The zero-order valence-corrected chi connectivity index (χ0v) is 9.18. The Balaban J connectivity index is 2.12. The van der Waals surface area contributed by atoms with Crippen LogP contribution < -0.4 is 4.74 Å². The molecule has 0 fully saturated rings. The Bertz CT molecular complexity index is 455. The van der Waals surface area contributed by atoms with E-state index in [4.69, 9.17) is 4.74 Å². The van der Waals surface area contributed by atoms with Crippen LogP contribution in [0.15, 0.2) is 54.6 Å². The third-order valence-corrected chi connectivity index (χ3v) is 2.30. The Kier molecular flexibility index (Phi) is 3.32. The van der Waals surface area contributed by atoms with E-state index in [1.165, 1.54) is 0 Å². The molecule has 1 nitrogen and oxygen atoms in total. The van der Waals surface area contributed by atoms with Crippen molar-refractivity contribution in [3.05, 3.63) is 71.8 Å². The van der Waals surface area contributed by atoms with E-state index in [0.717, 1.165) is 16.9 Å². The summed E-state index contributed by atoms with van der Waals surface area (Å²) in [7, 11) is 1.67. The van der Waals surface area contributed by atoms with Gasteiger partial charge in [0.2, 0.25) is 0 Å². The average molecular weight is 209 g/mol. The minimum absolute atomic E-state index is 0.866. The second-order valence-electron chi connectivity index (χ2n) is 3.43. The molecule has 16 heavy (non-hydrogen) atoms. The third kappa shape index (κ3) is 2.69. The lowest BCUT2D eigenvalue weighted by molar-refractivity contribution is 0.415. The van der Waals surface area contributed by atoms with Gasteiger partial charge in [-0.2, -0.15) is 0 Å². The maximum atomic E-state index is 5.09. The Morgan fingerprint density at radius 2 is 1.62 bits per heavy atom. The number of ether oxygens (including phenoxy) is 1. The minimum Gasteiger partial charge on any atom is -0.495 e. The van der Waals surface area contributed by atoms with Gasteiger partial charge in [0.25, 0.3) is 0 Å². The maximum absolute atomic E-state index is 5.09. The molecule has 0 aliphatic heterocycles. The fraction of sp³-hybridized carbons (Fsp3) is 0.0667. The molecule has 0 bridgehead atoms. The number of hydrogen-bond donors (Lipinski definition) is 0. The van der Waals surface area contributed by atoms with E-state index >= 15 is 0 Å². The maximum Gasteiger partial charge on any atom is 0.147 e. The second-order valence-corrected chi connectivity index (χ2v) is 3.43. The second kappa shape index (κ2) is 5.11. The van der Waals surface area contributed by atoms with Crippen LogP contribution in [0.1, 0.15) is 11.1 Å². The lowest BCUT2D eigenvalue weighted by Gasteiger charge is -1.94. The van der Waals surface area contributed by atoms with Crippen molar-refractivity contribution in [3.63, 3.8) is 0 Å². The number of methoxy groups -OCH3 is 1. The third-order valence-electron chi connectivity index (χ3n) is 2.30. The highest BCUT2D eigenvalue weighted by Crippen LogP contribution is 2.12. The van der Waals surface area contributed by atoms with Gasteiger partial charge >= 0.3 is 0 Å². The fourth-order valence-corrected chi connectivity index (χ4v) is 1.40. The molecule has 0 spiro atoms. The SMILES string of the molecule is COc1ccc([C+]=Cc2ccccc2)cc1. The fourth-order valence-electron chi connectivity index (χ4n) is 1.40. The van der Waals surface area contributed by atoms with Gasteiger partial charge in [0.15, 0.2) is 0 Å². The summed E-state index contributed by atoms with van der Waals surface area (Å²) in [4.78, 5) is 0. The van der Waals surface area contributed by atoms with Gasteiger partial charge in [0.1, 0.15) is 11.3 Å². The normalized spacial score (nSPS) is 10.1. The molecule has 0 saturated carbocycles. The summed E-state index contributed by atoms with van der Waals surface area (Å²) in [6.45, 7) is 0. The van der Waals surface area contributed by atoms with Crippen molar-refractivity contribution in [1.29, 1.82) is 0 Å². The molecule has 0 amide bonds. The first-order chi connectivity index (χ1) is 7.88. The van der Waals surface area contributed by atoms with Crippen molar-refractivity contribution < 1.29 is 4.74 Å². The Morgan fingerprint density at radius 3 is 2.25 bits per heavy atom. The first-order valence-electron chi connectivity index (χ1n) is 5.17. The van der Waals surface area contributed by atoms with E-state index in [1.54, 1.807) is 7.11 Å². The summed E-state index contributed by atoms with van der Waals surface area (Å²) in [6.07, 6.45) is 5.21. The van der Waals surface area contributed by atoms with Crippen molar-refractivity contribution >= 4 is 6.08 Å². The van der Waals surface area contributed by atoms with Gasteiger partial charge in [-0.05, 0) is 12.1 Å². The molecule has 0 atom stereocenters. The predicted octanol–water partition coefficient (Wildman–Crippen LogP) is 3.56. The largest absolute Gasteiger partial charge is 0.495 e. The van der Waals surface area contributed by atoms with Crippen LogP contribution in [0.25, 0.3) is 6.08 Å². The van der Waals surface area contributed by atoms with Crippen LogP contribution in [0.4, 0.5) is 0 Å². The van der Waals surface area contributed by atoms with Crippen molar-refractivity contribution in [1.82, 2.24) is 0 Å². The lowest BCUT2D eigenvalue weighted by Crippen LogP contribution is -1.81. The predicted molar refractivity (Wildman–Crippen MR) is 66.2 cm³/mol. The van der Waals surface area contributed by atoms with E-state index in [0.29, 0.717) is 0 Å². The molecule has 2 aromatic carbocycles. The van der Waals surface area contributed by atoms with Crippen molar-refractivity contribution in [3.8, 4) is 5.75 Å². The van der Waals surface area contributed by atoms with Crippen molar-refractivity contribution in [2.45, 2.75) is 0 Å². The molecule has 0 aromatic heterocycles. The molecule has 0 unspecified atom stereocenters. The molecular weight excluding hydrogens is 196 g/mol. The van der Waals surface area contributed by atoms with E-state index in [-0.39, 0.29) is 0 Å². The number of benzene rings is 2. The van der Waals surface area contributed by atoms with Crippen LogP contribution in [0.3, 0.4) is 0 Å². The first kappa shape index (κ1) is 10.4. The highest BCUT2D eigenvalue weighted by Gasteiger charge is 1.98. The zero-order chi connectivity index (χ0) is 11.2. The summed E-state index contributed by atoms with van der Waals surface area (Å²) in [5, 5.41) is 0. The minimum atomic E-state index is 0.866. The van der Waals surface area contributed by atoms with E-state index in [2.05, 4.69) is 18.2 Å². The van der Waals surface area contributed by atoms with Crippen LogP contribution in [-0.2, 0) is 0 Å². The summed E-state index contributed by atoms with van der Waals surface area (Å²) in [6, 6.07) is 18.0. The van der Waals surface area contributed by atoms with Gasteiger partial charge < -0.3 is 4.74 Å². The van der Waals surface area contributed by atoms with Crippen LogP contribution >= 0.6 is 0 Å². The quantitative estimate of drug-likeness (QED) is 0.554. The van der Waals surface area contributed by atoms with Gasteiger partial charge in [0, 0.05) is 30.3 Å². The Labute approximate surface area is 96.0 Å². The highest BCUT2D eigenvalue weighted by molar-refractivity contribution is 5.50. The highest BCUT2D eigenvalue weighted by atomic mass is 16.5. The van der Waals surface area contributed by atoms with Gasteiger partial charge in [-0.15, -0.1) is 0 Å². The Hall–Kier alpha value is -2.11. The number of hydrogen-bond acceptors (Lipinski definition) is 1. The lowest BCUT2D eigenvalue weighted by atomic mass is 10.1. The molecule has 0 aliphatic rings. The molecule has 0 radical (unpaired) electrons. The summed E-state index contributed by atoms with van der Waals surface area (Å²) in [5.41, 5.74) is 2.20. The molecule has 78 valence electrons. The molecule has 2 rings (SSSR count). The monoisotopic (exact) mass is 209 g/mol. The summed E-state index contributed by atoms with van der Waals surface area (Å²) < 4.78 is 5.09. The smallest absolute Gasteiger partial charge is 0.147 e. The van der Waals surface area contributed by atoms with Crippen molar-refractivity contribution in [2.75, 3.05) is 7.11 Å². The molecule has 2 aromatic rings. The van der Waals surface area contributed by atoms with Gasteiger partial charge in [-0.1, -0.05) is 18.2 Å². The van der Waals surface area contributed by atoms with E-state index in [1.807, 2.05) is 48.5 Å². The van der Waals surface area contributed by atoms with Crippen LogP contribution in [0, 0.1) is 6.08 Å². The zero-order valence-electron chi connectivity index (χ0n) is 9.18. The molecule has 0 saturated heterocycles. The molecule has 0 N–H and O–H groups in total. The van der Waals surface area contributed by atoms with Gasteiger partial charge in [0.05, 0.1) is 18.7 Å². The average Bonchev–Trinajstić information content (AvgIpc) is 2.38. The molecular formula is C15H13O+. The summed E-state index contributed by atoms with van der Waals surface area (Å²) in [5.74, 6) is 0.866. The van der Waals surface area contributed by atoms with Crippen LogP contribution in [0.2, 0.25) is 0 Å². The first-order valence-corrected chi connectivity index (χ1v) is 5.17. The molecule has 0 heterocycles. The summed E-state index contributed by atoms with van der Waals surface area (Å²) >= 11 is 0. The molecule has 0 aliphatic carbocycles. The Morgan fingerprint density at radius 1 is 0.938 bits per heavy atom. The standard InChI is InChI=1S/C15H13O/c1-16-15-11-9-14(10-12-15)8-7-13-5-3-2-4-6-13/h2-7,9-12H,1H3/q+1. The van der Waals surface area contributed by atoms with Gasteiger partial charge in [-0.3, -0.25) is 0 Å². The van der Waals surface area contributed by atoms with Gasteiger partial charge in [-0.25, -0.2) is 0 Å². The van der Waals surface area contributed by atoms with Crippen molar-refractivity contribution in [2.24, 2.45) is 0 Å². The van der Waals surface area contributed by atoms with Crippen LogP contribution in [-0.4, -0.2) is 7.11 Å². The van der Waals surface area contributed by atoms with E-state index < -0.39 is 0 Å². The molecule has 1 heteroatoms. The van der Waals surface area contributed by atoms with E-state index in [9.17, 15) is 0 Å².